The van der Waals surface area contributed by atoms with Gasteiger partial charge in [-0.05, 0) is 12.0 Å². The zero-order valence-corrected chi connectivity index (χ0v) is 7.49. The molecule has 0 aliphatic rings. The first-order valence-electron chi connectivity index (χ1n) is 3.44. The van der Waals surface area contributed by atoms with Crippen molar-refractivity contribution in [3.63, 3.8) is 0 Å². The van der Waals surface area contributed by atoms with Crippen LogP contribution >= 0.6 is 12.6 Å². The Labute approximate surface area is 80.6 Å². The molecule has 66 valence electrons. The zero-order valence-electron chi connectivity index (χ0n) is 6.60. The number of hydrogen-bond donors (Lipinski definition) is 1. The van der Waals surface area contributed by atoms with Crippen LogP contribution in [0.3, 0.4) is 0 Å². The maximum atomic E-state index is 10.2. The molecule has 13 heavy (non-hydrogen) atoms. The molecule has 1 aromatic rings. The highest BCUT2D eigenvalue weighted by atomic mass is 32.1. The van der Waals surface area contributed by atoms with Gasteiger partial charge in [0.15, 0.2) is 0 Å². The lowest BCUT2D eigenvalue weighted by molar-refractivity contribution is -0.385. The van der Waals surface area contributed by atoms with E-state index in [0.717, 1.165) is 0 Å². The van der Waals surface area contributed by atoms with Crippen LogP contribution in [0.2, 0.25) is 0 Å². The van der Waals surface area contributed by atoms with E-state index in [4.69, 9.17) is 0 Å². The number of rotatable bonds is 1. The second-order valence-electron chi connectivity index (χ2n) is 2.12. The Balaban J connectivity index is 2.87. The van der Waals surface area contributed by atoms with Gasteiger partial charge in [-0.15, -0.1) is 0 Å². The lowest BCUT2D eigenvalue weighted by atomic mass is 10.3. The predicted octanol–water partition coefficient (Wildman–Crippen LogP) is 1.27. The molecule has 0 aliphatic carbocycles. The largest absolute Gasteiger partial charge is 0.287 e. The van der Waals surface area contributed by atoms with Crippen molar-refractivity contribution in [3.8, 4) is 11.8 Å². The summed E-state index contributed by atoms with van der Waals surface area (Å²) >= 11 is 3.89. The van der Waals surface area contributed by atoms with Gasteiger partial charge < -0.3 is 0 Å². The molecule has 0 unspecified atom stereocenters. The third-order valence-corrected chi connectivity index (χ3v) is 1.41. The summed E-state index contributed by atoms with van der Waals surface area (Å²) in [6, 6.07) is 2.88. The fourth-order valence-corrected chi connectivity index (χ4v) is 0.777. The minimum absolute atomic E-state index is 0.0311. The fraction of sp³-hybridized carbons (Fsp3) is 0.125. The summed E-state index contributed by atoms with van der Waals surface area (Å²) in [7, 11) is 0. The standard InChI is InChI=1S/C8H6N2O2S/c11-10(12)8-4-3-7(9-6-8)2-1-5-13/h3-4,6,13H,5H2. The lowest BCUT2D eigenvalue weighted by Gasteiger charge is -1.89. The van der Waals surface area contributed by atoms with Gasteiger partial charge in [0, 0.05) is 6.07 Å². The topological polar surface area (TPSA) is 56.0 Å². The van der Waals surface area contributed by atoms with Gasteiger partial charge in [-0.2, -0.15) is 12.6 Å². The Kier molecular flexibility index (Phi) is 3.29. The van der Waals surface area contributed by atoms with Gasteiger partial charge in [-0.1, -0.05) is 5.92 Å². The smallest absolute Gasteiger partial charge is 0.258 e. The molecule has 0 saturated heterocycles. The van der Waals surface area contributed by atoms with E-state index in [1.807, 2.05) is 0 Å². The van der Waals surface area contributed by atoms with Crippen LogP contribution < -0.4 is 0 Å². The highest BCUT2D eigenvalue weighted by Crippen LogP contribution is 2.07. The molecule has 0 amide bonds. The molecular weight excluding hydrogens is 188 g/mol. The van der Waals surface area contributed by atoms with Gasteiger partial charge in [-0.25, -0.2) is 4.98 Å². The first kappa shape index (κ1) is 9.55. The van der Waals surface area contributed by atoms with E-state index in [2.05, 4.69) is 29.5 Å². The molecule has 0 N–H and O–H groups in total. The summed E-state index contributed by atoms with van der Waals surface area (Å²) < 4.78 is 0. The van der Waals surface area contributed by atoms with Gasteiger partial charge in [0.05, 0.1) is 10.7 Å². The second-order valence-corrected chi connectivity index (χ2v) is 2.43. The Morgan fingerprint density at radius 3 is 2.85 bits per heavy atom. The number of nitro groups is 1. The van der Waals surface area contributed by atoms with E-state index >= 15 is 0 Å². The number of thiol groups is 1. The minimum atomic E-state index is -0.497. The highest BCUT2D eigenvalue weighted by Gasteiger charge is 2.03. The first-order valence-corrected chi connectivity index (χ1v) is 4.07. The Morgan fingerprint density at radius 1 is 1.62 bits per heavy atom. The molecule has 5 heteroatoms. The van der Waals surface area contributed by atoms with Gasteiger partial charge >= 0.3 is 0 Å². The monoisotopic (exact) mass is 194 g/mol. The lowest BCUT2D eigenvalue weighted by Crippen LogP contribution is -1.89. The third kappa shape index (κ3) is 2.76. The Bertz CT molecular complexity index is 364. The maximum absolute atomic E-state index is 10.2. The van der Waals surface area contributed by atoms with Crippen molar-refractivity contribution >= 4 is 18.3 Å². The highest BCUT2D eigenvalue weighted by molar-refractivity contribution is 7.80. The summed E-state index contributed by atoms with van der Waals surface area (Å²) in [5, 5.41) is 10.2. The van der Waals surface area contributed by atoms with Gasteiger partial charge in [0.25, 0.3) is 5.69 Å². The van der Waals surface area contributed by atoms with E-state index in [1.54, 1.807) is 0 Å². The molecule has 1 heterocycles. The van der Waals surface area contributed by atoms with Crippen LogP contribution in [0.25, 0.3) is 0 Å². The van der Waals surface area contributed by atoms with Crippen molar-refractivity contribution < 1.29 is 4.92 Å². The first-order chi connectivity index (χ1) is 6.24. The maximum Gasteiger partial charge on any atom is 0.287 e. The summed E-state index contributed by atoms with van der Waals surface area (Å²) in [4.78, 5) is 13.5. The number of nitrogens with zero attached hydrogens (tertiary/aromatic N) is 2. The van der Waals surface area contributed by atoms with Crippen molar-refractivity contribution in [2.75, 3.05) is 5.75 Å². The van der Waals surface area contributed by atoms with E-state index < -0.39 is 4.92 Å². The summed E-state index contributed by atoms with van der Waals surface area (Å²) in [6.45, 7) is 0. The Hall–Kier alpha value is -1.54. The SMILES string of the molecule is O=[N+]([O-])c1ccc(C#CCS)nc1. The van der Waals surface area contributed by atoms with Crippen LogP contribution in [0.1, 0.15) is 5.69 Å². The summed E-state index contributed by atoms with van der Waals surface area (Å²) in [6.07, 6.45) is 1.18. The molecule has 0 fully saturated rings. The van der Waals surface area contributed by atoms with E-state index in [9.17, 15) is 10.1 Å². The van der Waals surface area contributed by atoms with E-state index in [-0.39, 0.29) is 5.69 Å². The molecule has 1 rings (SSSR count). The van der Waals surface area contributed by atoms with Gasteiger partial charge in [0.2, 0.25) is 0 Å². The Morgan fingerprint density at radius 2 is 2.38 bits per heavy atom. The minimum Gasteiger partial charge on any atom is -0.258 e. The average Bonchev–Trinajstić information content (AvgIpc) is 2.15. The quantitative estimate of drug-likeness (QED) is 0.317. The van der Waals surface area contributed by atoms with Crippen LogP contribution in [0.15, 0.2) is 18.3 Å². The van der Waals surface area contributed by atoms with E-state index in [1.165, 1.54) is 18.3 Å². The molecule has 0 saturated carbocycles. The molecule has 1 aromatic heterocycles. The van der Waals surface area contributed by atoms with Gasteiger partial charge in [-0.3, -0.25) is 10.1 Å². The zero-order chi connectivity index (χ0) is 9.68. The normalized spacial score (nSPS) is 8.69. The molecule has 0 radical (unpaired) electrons. The van der Waals surface area contributed by atoms with Crippen LogP contribution in [0.4, 0.5) is 5.69 Å². The van der Waals surface area contributed by atoms with Crippen molar-refractivity contribution in [2.24, 2.45) is 0 Å². The second kappa shape index (κ2) is 4.48. The van der Waals surface area contributed by atoms with Crippen LogP contribution in [-0.2, 0) is 0 Å². The van der Waals surface area contributed by atoms with Crippen molar-refractivity contribution in [3.05, 3.63) is 34.1 Å². The number of aromatic nitrogens is 1. The summed E-state index contributed by atoms with van der Waals surface area (Å²) in [5.74, 6) is 5.84. The molecule has 0 aliphatic heterocycles. The molecule has 0 spiro atoms. The molecule has 0 atom stereocenters. The third-order valence-electron chi connectivity index (χ3n) is 1.25. The van der Waals surface area contributed by atoms with Crippen LogP contribution in [0.5, 0.6) is 0 Å². The predicted molar refractivity (Wildman–Crippen MR) is 51.6 cm³/mol. The summed E-state index contributed by atoms with van der Waals surface area (Å²) in [5.41, 5.74) is 0.482. The van der Waals surface area contributed by atoms with Crippen molar-refractivity contribution in [1.29, 1.82) is 0 Å². The van der Waals surface area contributed by atoms with Crippen molar-refractivity contribution in [1.82, 2.24) is 4.98 Å². The van der Waals surface area contributed by atoms with E-state index in [0.29, 0.717) is 11.4 Å². The number of hydrogen-bond acceptors (Lipinski definition) is 4. The average molecular weight is 194 g/mol. The van der Waals surface area contributed by atoms with Crippen LogP contribution in [0, 0.1) is 22.0 Å². The molecular formula is C8H6N2O2S. The fourth-order valence-electron chi connectivity index (χ4n) is 0.698. The molecule has 4 nitrogen and oxygen atoms in total. The number of pyridine rings is 1. The van der Waals surface area contributed by atoms with Crippen LogP contribution in [-0.4, -0.2) is 15.7 Å². The molecule has 0 bridgehead atoms. The van der Waals surface area contributed by atoms with Gasteiger partial charge in [0.1, 0.15) is 11.9 Å². The molecule has 0 aromatic carbocycles. The van der Waals surface area contributed by atoms with Crippen molar-refractivity contribution in [2.45, 2.75) is 0 Å².